The minimum atomic E-state index is -1.38. The molecule has 3 heterocycles. The fourth-order valence-electron chi connectivity index (χ4n) is 6.95. The molecule has 3 aliphatic rings. The van der Waals surface area contributed by atoms with E-state index in [1.165, 1.54) is 4.90 Å². The Hall–Kier alpha value is -4.48. The number of ether oxygens (including phenoxy) is 2. The molecule has 1 aromatic heterocycles. The highest BCUT2D eigenvalue weighted by atomic mass is 16.5. The first-order valence-electron chi connectivity index (χ1n) is 16.9. The number of carboxylic acid groups (broad SMARTS) is 1. The van der Waals surface area contributed by atoms with E-state index in [1.54, 1.807) is 6.08 Å². The van der Waals surface area contributed by atoms with Crippen molar-refractivity contribution < 1.29 is 34.1 Å². The molecule has 0 spiro atoms. The molecular weight excluding hydrogens is 612 g/mol. The van der Waals surface area contributed by atoms with Crippen LogP contribution in [0.4, 0.5) is 4.79 Å². The zero-order valence-electron chi connectivity index (χ0n) is 27.3. The van der Waals surface area contributed by atoms with Gasteiger partial charge >= 0.3 is 12.1 Å². The lowest BCUT2D eigenvalue weighted by Crippen LogP contribution is -2.58. The minimum absolute atomic E-state index is 0.122. The van der Waals surface area contributed by atoms with E-state index >= 15 is 0 Å². The number of fused-ring (bicyclic) bond motifs is 3. The van der Waals surface area contributed by atoms with E-state index in [9.17, 15) is 24.6 Å². The zero-order chi connectivity index (χ0) is 33.8. The van der Waals surface area contributed by atoms with E-state index in [-0.39, 0.29) is 37.8 Å². The van der Waals surface area contributed by atoms with Crippen molar-refractivity contribution in [3.05, 3.63) is 72.8 Å². The maximum atomic E-state index is 14.2. The molecule has 3 aromatic rings. The van der Waals surface area contributed by atoms with Crippen molar-refractivity contribution in [2.24, 2.45) is 5.92 Å². The van der Waals surface area contributed by atoms with Crippen LogP contribution in [0.5, 0.6) is 5.75 Å². The standard InChI is InChI=1S/C37H44N4O7/c1-3-5-14-29-34(43)41-22-26(19-31(41)33(42)40-37(35(44)45)21-25(37)4-2)48-32-20-30(24-12-7-6-8-13-24)38-28-16-15-23(18-27(28)32)11-9-10-17-47-36(46)39-29/h4,6-8,12-13,15-16,18,20,25-26,29,31,33,40,42H,2-3,5,9-11,14,17,19,21-22H2,1H3,(H,39,46)(H,44,45)/t25-,26-,29+,31+,33?,37-/m1/s1. The summed E-state index contributed by atoms with van der Waals surface area (Å²) in [4.78, 5) is 45.8. The Bertz CT molecular complexity index is 1670. The largest absolute Gasteiger partial charge is 0.488 e. The number of carbonyl (C=O) groups is 3. The van der Waals surface area contributed by atoms with Crippen LogP contribution < -0.4 is 15.4 Å². The predicted molar refractivity (Wildman–Crippen MR) is 180 cm³/mol. The van der Waals surface area contributed by atoms with Gasteiger partial charge in [0.25, 0.3) is 0 Å². The molecule has 6 atom stereocenters. The van der Waals surface area contributed by atoms with Crippen molar-refractivity contribution in [3.8, 4) is 17.0 Å². The molecule has 11 heteroatoms. The molecule has 48 heavy (non-hydrogen) atoms. The Labute approximate surface area is 280 Å². The van der Waals surface area contributed by atoms with E-state index in [4.69, 9.17) is 14.5 Å². The normalized spacial score (nSPS) is 26.7. The van der Waals surface area contributed by atoms with Gasteiger partial charge in [-0.05, 0) is 49.8 Å². The van der Waals surface area contributed by atoms with E-state index in [1.807, 2.05) is 49.4 Å². The van der Waals surface area contributed by atoms with Crippen molar-refractivity contribution in [2.75, 3.05) is 13.2 Å². The number of aliphatic hydroxyl groups is 1. The highest BCUT2D eigenvalue weighted by molar-refractivity contribution is 5.89. The first-order chi connectivity index (χ1) is 23.2. The molecule has 11 nitrogen and oxygen atoms in total. The summed E-state index contributed by atoms with van der Waals surface area (Å²) in [6, 6.07) is 16.1. The average molecular weight is 657 g/mol. The Balaban J connectivity index is 1.38. The number of pyridine rings is 1. The number of nitrogens with zero attached hydrogens (tertiary/aromatic N) is 2. The van der Waals surface area contributed by atoms with Crippen LogP contribution in [0.1, 0.15) is 57.4 Å². The van der Waals surface area contributed by atoms with Gasteiger partial charge in [0, 0.05) is 29.4 Å². The number of aryl methyl sites for hydroxylation is 1. The van der Waals surface area contributed by atoms with Gasteiger partial charge in [-0.3, -0.25) is 14.9 Å². The van der Waals surface area contributed by atoms with Gasteiger partial charge in [0.05, 0.1) is 30.4 Å². The van der Waals surface area contributed by atoms with Crippen LogP contribution in [0.3, 0.4) is 0 Å². The van der Waals surface area contributed by atoms with Crippen LogP contribution >= 0.6 is 0 Å². The van der Waals surface area contributed by atoms with Crippen LogP contribution in [0.25, 0.3) is 22.2 Å². The smallest absolute Gasteiger partial charge is 0.407 e. The van der Waals surface area contributed by atoms with Gasteiger partial charge in [-0.1, -0.05) is 62.2 Å². The van der Waals surface area contributed by atoms with E-state index in [0.717, 1.165) is 47.0 Å². The van der Waals surface area contributed by atoms with Gasteiger partial charge in [0.1, 0.15) is 29.7 Å². The van der Waals surface area contributed by atoms with Gasteiger partial charge in [0.2, 0.25) is 5.91 Å². The molecule has 4 bridgehead atoms. The molecule has 1 saturated heterocycles. The molecule has 1 unspecified atom stereocenters. The van der Waals surface area contributed by atoms with Gasteiger partial charge in [-0.2, -0.15) is 0 Å². The third-order valence-corrected chi connectivity index (χ3v) is 9.77. The number of cyclic esters (lactones) is 1. The summed E-state index contributed by atoms with van der Waals surface area (Å²) < 4.78 is 12.2. The number of aliphatic carboxylic acids is 1. The lowest BCUT2D eigenvalue weighted by atomic mass is 10.0. The first-order valence-corrected chi connectivity index (χ1v) is 16.9. The topological polar surface area (TPSA) is 150 Å². The monoisotopic (exact) mass is 656 g/mol. The summed E-state index contributed by atoms with van der Waals surface area (Å²) in [5.41, 5.74) is 2.17. The number of hydrogen-bond acceptors (Lipinski definition) is 8. The second kappa shape index (κ2) is 14.3. The van der Waals surface area contributed by atoms with E-state index in [0.29, 0.717) is 25.0 Å². The Morgan fingerprint density at radius 1 is 1.21 bits per heavy atom. The van der Waals surface area contributed by atoms with Gasteiger partial charge in [0.15, 0.2) is 0 Å². The van der Waals surface area contributed by atoms with Crippen molar-refractivity contribution in [1.82, 2.24) is 20.5 Å². The number of hydrogen-bond donors (Lipinski definition) is 4. The highest BCUT2D eigenvalue weighted by Gasteiger charge is 2.61. The molecule has 4 N–H and O–H groups in total. The maximum Gasteiger partial charge on any atom is 0.407 e. The number of alkyl carbamates (subject to hydrolysis) is 1. The molecule has 0 radical (unpaired) electrons. The van der Waals surface area contributed by atoms with Crippen LogP contribution in [0.15, 0.2) is 67.3 Å². The number of unbranched alkanes of at least 4 members (excludes halogenated alkanes) is 1. The summed E-state index contributed by atoms with van der Waals surface area (Å²) in [6.07, 6.45) is 3.59. The molecule has 2 amide bonds. The van der Waals surface area contributed by atoms with Crippen LogP contribution in [-0.2, 0) is 20.7 Å². The Morgan fingerprint density at radius 3 is 2.75 bits per heavy atom. The fourth-order valence-corrected chi connectivity index (χ4v) is 6.95. The molecule has 2 fully saturated rings. The third kappa shape index (κ3) is 7.02. The second-order valence-electron chi connectivity index (χ2n) is 13.1. The molecule has 2 aromatic carbocycles. The number of benzene rings is 2. The number of rotatable bonds is 9. The summed E-state index contributed by atoms with van der Waals surface area (Å²) >= 11 is 0. The van der Waals surface area contributed by atoms with Crippen molar-refractivity contribution in [1.29, 1.82) is 0 Å². The number of aliphatic hydroxyl groups excluding tert-OH is 1. The SMILES string of the molecule is C=C[C@@H]1C[C@]1(NC(O)[C@@H]1C[C@@H]2CN1C(=O)[C@H](CCCC)NC(=O)OCCCCc1ccc3nc(-c4ccccc4)cc(c3c1)O2)C(=O)O. The summed E-state index contributed by atoms with van der Waals surface area (Å²) in [5.74, 6) is -1.22. The summed E-state index contributed by atoms with van der Waals surface area (Å²) in [7, 11) is 0. The molecule has 1 saturated carbocycles. The number of carbonyl (C=O) groups excluding carboxylic acids is 2. The van der Waals surface area contributed by atoms with Crippen LogP contribution in [-0.4, -0.2) is 81.2 Å². The maximum absolute atomic E-state index is 14.2. The van der Waals surface area contributed by atoms with Crippen LogP contribution in [0, 0.1) is 5.92 Å². The molecule has 6 rings (SSSR count). The second-order valence-corrected chi connectivity index (χ2v) is 13.1. The van der Waals surface area contributed by atoms with Gasteiger partial charge in [-0.25, -0.2) is 9.78 Å². The summed E-state index contributed by atoms with van der Waals surface area (Å²) in [5, 5.41) is 28.1. The van der Waals surface area contributed by atoms with Crippen LogP contribution in [0.2, 0.25) is 0 Å². The number of carboxylic acids is 1. The van der Waals surface area contributed by atoms with Gasteiger partial charge in [-0.15, -0.1) is 6.58 Å². The van der Waals surface area contributed by atoms with Crippen molar-refractivity contribution >= 4 is 28.9 Å². The zero-order valence-corrected chi connectivity index (χ0v) is 27.3. The lowest BCUT2D eigenvalue weighted by molar-refractivity contribution is -0.143. The van der Waals surface area contributed by atoms with E-state index in [2.05, 4.69) is 29.3 Å². The molecule has 1 aliphatic carbocycles. The number of amides is 2. The van der Waals surface area contributed by atoms with E-state index < -0.39 is 42.0 Å². The Kier molecular flexibility index (Phi) is 9.98. The highest BCUT2D eigenvalue weighted by Crippen LogP contribution is 2.45. The number of nitrogens with one attached hydrogen (secondary N) is 2. The Morgan fingerprint density at radius 2 is 2.02 bits per heavy atom. The van der Waals surface area contributed by atoms with Gasteiger partial charge < -0.3 is 29.9 Å². The minimum Gasteiger partial charge on any atom is -0.488 e. The molecule has 254 valence electrons. The molecule has 2 aliphatic heterocycles. The fraction of sp³-hybridized carbons (Fsp3) is 0.459. The van der Waals surface area contributed by atoms with Crippen molar-refractivity contribution in [2.45, 2.75) is 88.2 Å². The number of aromatic nitrogens is 1. The first kappa shape index (κ1) is 33.4. The lowest BCUT2D eigenvalue weighted by Gasteiger charge is -2.33. The van der Waals surface area contributed by atoms with Crippen molar-refractivity contribution in [3.63, 3.8) is 0 Å². The average Bonchev–Trinajstić information content (AvgIpc) is 3.65. The summed E-state index contributed by atoms with van der Waals surface area (Å²) in [6.45, 7) is 6.08. The molecular formula is C37H44N4O7. The quantitative estimate of drug-likeness (QED) is 0.188. The third-order valence-electron chi connectivity index (χ3n) is 9.77. The predicted octanol–water partition coefficient (Wildman–Crippen LogP) is 4.81.